The van der Waals surface area contributed by atoms with Gasteiger partial charge in [0, 0.05) is 22.4 Å². The summed E-state index contributed by atoms with van der Waals surface area (Å²) in [6, 6.07) is 24.7. The largest absolute Gasteiger partial charge is 0.486 e. The highest BCUT2D eigenvalue weighted by Gasteiger charge is 2.42. The van der Waals surface area contributed by atoms with E-state index >= 15 is 0 Å². The summed E-state index contributed by atoms with van der Waals surface area (Å²) in [5.41, 5.74) is 6.13. The fraction of sp³-hybridized carbons (Fsp3) is 0.185. The molecule has 5 nitrogen and oxygen atoms in total. The average Bonchev–Trinajstić information content (AvgIpc) is 3.62. The van der Waals surface area contributed by atoms with E-state index in [0.717, 1.165) is 33.3 Å². The highest BCUT2D eigenvalue weighted by atomic mass is 19.1. The second-order valence-corrected chi connectivity index (χ2v) is 8.39. The maximum absolute atomic E-state index is 14.7. The van der Waals surface area contributed by atoms with Crippen molar-refractivity contribution in [2.75, 3.05) is 0 Å². The molecule has 1 amide bonds. The number of rotatable bonds is 7. The fourth-order valence-corrected chi connectivity index (χ4v) is 4.25. The van der Waals surface area contributed by atoms with Crippen LogP contribution in [0.5, 0.6) is 5.75 Å². The molecule has 0 saturated heterocycles. The van der Waals surface area contributed by atoms with Crippen molar-refractivity contribution in [3.8, 4) is 17.0 Å². The molecule has 2 unspecified atom stereocenters. The highest BCUT2D eigenvalue weighted by molar-refractivity contribution is 5.85. The predicted molar refractivity (Wildman–Crippen MR) is 123 cm³/mol. The van der Waals surface area contributed by atoms with Gasteiger partial charge in [-0.15, -0.1) is 0 Å². The molecule has 0 bridgehead atoms. The minimum Gasteiger partial charge on any atom is -0.486 e. The summed E-state index contributed by atoms with van der Waals surface area (Å²) >= 11 is 0. The second kappa shape index (κ2) is 9.00. The third-order valence-electron chi connectivity index (χ3n) is 6.12. The number of nitrogens with zero attached hydrogens (tertiary/aromatic N) is 1. The molecule has 1 aliphatic rings. The van der Waals surface area contributed by atoms with Gasteiger partial charge < -0.3 is 4.74 Å². The third-order valence-corrected chi connectivity index (χ3v) is 6.12. The Labute approximate surface area is 190 Å². The van der Waals surface area contributed by atoms with E-state index in [1.54, 1.807) is 11.5 Å². The lowest BCUT2D eigenvalue weighted by Gasteiger charge is -2.12. The fourth-order valence-electron chi connectivity index (χ4n) is 4.25. The van der Waals surface area contributed by atoms with Crippen LogP contribution in [0.3, 0.4) is 0 Å². The van der Waals surface area contributed by atoms with Gasteiger partial charge in [-0.3, -0.25) is 10.0 Å². The summed E-state index contributed by atoms with van der Waals surface area (Å²) in [4.78, 5) is 16.2. The van der Waals surface area contributed by atoms with Crippen LogP contribution in [-0.4, -0.2) is 16.1 Å². The van der Waals surface area contributed by atoms with Crippen LogP contribution < -0.4 is 10.2 Å². The van der Waals surface area contributed by atoms with Gasteiger partial charge in [-0.1, -0.05) is 54.6 Å². The van der Waals surface area contributed by atoms with E-state index in [0.29, 0.717) is 12.8 Å². The van der Waals surface area contributed by atoms with Crippen LogP contribution in [0.2, 0.25) is 0 Å². The number of benzene rings is 3. The number of aromatic nitrogens is 1. The first-order chi connectivity index (χ1) is 16.1. The molecular formula is C27H23FN2O3. The van der Waals surface area contributed by atoms with E-state index in [1.807, 2.05) is 66.7 Å². The smallest absolute Gasteiger partial charge is 0.246 e. The van der Waals surface area contributed by atoms with Crippen molar-refractivity contribution in [2.24, 2.45) is 11.8 Å². The predicted octanol–water partition coefficient (Wildman–Crippen LogP) is 5.30. The SMILES string of the molecule is O=C(NO)C1CC1Cc1ccc(OCc2cc(-c3ccccc3)nc3ccccc23)c(F)c1. The molecule has 0 radical (unpaired) electrons. The zero-order valence-electron chi connectivity index (χ0n) is 17.9. The number of hydrogen-bond acceptors (Lipinski definition) is 4. The molecule has 5 rings (SSSR count). The molecule has 2 N–H and O–H groups in total. The van der Waals surface area contributed by atoms with E-state index in [9.17, 15) is 9.18 Å². The van der Waals surface area contributed by atoms with E-state index in [2.05, 4.69) is 0 Å². The van der Waals surface area contributed by atoms with Crippen molar-refractivity contribution in [3.05, 3.63) is 95.8 Å². The lowest BCUT2D eigenvalue weighted by atomic mass is 10.0. The summed E-state index contributed by atoms with van der Waals surface area (Å²) in [6.45, 7) is 0.209. The van der Waals surface area contributed by atoms with Gasteiger partial charge in [0.2, 0.25) is 5.91 Å². The number of fused-ring (bicyclic) bond motifs is 1. The molecule has 1 heterocycles. The number of pyridine rings is 1. The van der Waals surface area contributed by atoms with Crippen molar-refractivity contribution < 1.29 is 19.1 Å². The number of hydrogen-bond donors (Lipinski definition) is 2. The Kier molecular flexibility index (Phi) is 5.75. The third kappa shape index (κ3) is 4.56. The summed E-state index contributed by atoms with van der Waals surface area (Å²) in [5.74, 6) is -0.699. The molecule has 4 aromatic rings. The number of ether oxygens (including phenoxy) is 1. The van der Waals surface area contributed by atoms with Crippen LogP contribution in [0.25, 0.3) is 22.2 Å². The van der Waals surface area contributed by atoms with Gasteiger partial charge in [0.05, 0.1) is 11.2 Å². The average molecular weight is 442 g/mol. The topological polar surface area (TPSA) is 71.5 Å². The van der Waals surface area contributed by atoms with Crippen LogP contribution in [0.15, 0.2) is 78.9 Å². The first-order valence-corrected chi connectivity index (χ1v) is 10.9. The number of hydroxylamine groups is 1. The Morgan fingerprint density at radius 3 is 2.64 bits per heavy atom. The maximum atomic E-state index is 14.7. The van der Waals surface area contributed by atoms with Crippen molar-refractivity contribution in [3.63, 3.8) is 0 Å². The second-order valence-electron chi connectivity index (χ2n) is 8.39. The molecule has 166 valence electrons. The number of carbonyl (C=O) groups is 1. The molecule has 1 fully saturated rings. The molecule has 3 aromatic carbocycles. The van der Waals surface area contributed by atoms with Gasteiger partial charge in [-0.05, 0) is 48.6 Å². The van der Waals surface area contributed by atoms with Gasteiger partial charge in [0.25, 0.3) is 0 Å². The van der Waals surface area contributed by atoms with Gasteiger partial charge in [-0.25, -0.2) is 14.9 Å². The van der Waals surface area contributed by atoms with E-state index in [1.165, 1.54) is 6.07 Å². The van der Waals surface area contributed by atoms with Gasteiger partial charge in [0.15, 0.2) is 11.6 Å². The summed E-state index contributed by atoms with van der Waals surface area (Å²) in [6.07, 6.45) is 1.29. The number of para-hydroxylation sites is 1. The summed E-state index contributed by atoms with van der Waals surface area (Å²) < 4.78 is 20.6. The van der Waals surface area contributed by atoms with Crippen LogP contribution in [0, 0.1) is 17.7 Å². The quantitative estimate of drug-likeness (QED) is 0.301. The lowest BCUT2D eigenvalue weighted by molar-refractivity contribution is -0.130. The molecule has 0 spiro atoms. The Morgan fingerprint density at radius 2 is 1.85 bits per heavy atom. The minimum absolute atomic E-state index is 0.128. The van der Waals surface area contributed by atoms with Gasteiger partial charge in [0.1, 0.15) is 6.61 Å². The molecule has 0 aliphatic heterocycles. The van der Waals surface area contributed by atoms with E-state index in [4.69, 9.17) is 14.9 Å². The first kappa shape index (κ1) is 21.1. The number of halogens is 1. The Balaban J connectivity index is 1.34. The van der Waals surface area contributed by atoms with Crippen molar-refractivity contribution in [1.82, 2.24) is 10.5 Å². The van der Waals surface area contributed by atoms with Crippen LogP contribution in [0.4, 0.5) is 4.39 Å². The Bertz CT molecular complexity index is 1310. The molecular weight excluding hydrogens is 419 g/mol. The number of amides is 1. The summed E-state index contributed by atoms with van der Waals surface area (Å²) in [7, 11) is 0. The highest BCUT2D eigenvalue weighted by Crippen LogP contribution is 2.41. The molecule has 1 aliphatic carbocycles. The van der Waals surface area contributed by atoms with Crippen molar-refractivity contribution in [1.29, 1.82) is 0 Å². The van der Waals surface area contributed by atoms with Crippen molar-refractivity contribution in [2.45, 2.75) is 19.4 Å². The molecule has 33 heavy (non-hydrogen) atoms. The van der Waals surface area contributed by atoms with E-state index in [-0.39, 0.29) is 30.1 Å². The van der Waals surface area contributed by atoms with Crippen LogP contribution in [0.1, 0.15) is 17.5 Å². The number of nitrogens with one attached hydrogen (secondary N) is 1. The summed E-state index contributed by atoms with van der Waals surface area (Å²) in [5, 5.41) is 9.70. The molecule has 2 atom stereocenters. The van der Waals surface area contributed by atoms with Gasteiger partial charge in [-0.2, -0.15) is 0 Å². The Morgan fingerprint density at radius 1 is 1.06 bits per heavy atom. The van der Waals surface area contributed by atoms with Crippen LogP contribution in [-0.2, 0) is 17.8 Å². The number of carbonyl (C=O) groups excluding carboxylic acids is 1. The first-order valence-electron chi connectivity index (χ1n) is 10.9. The zero-order valence-corrected chi connectivity index (χ0v) is 17.9. The normalized spacial score (nSPS) is 17.0. The molecule has 6 heteroatoms. The van der Waals surface area contributed by atoms with Gasteiger partial charge >= 0.3 is 0 Å². The van der Waals surface area contributed by atoms with E-state index < -0.39 is 5.82 Å². The monoisotopic (exact) mass is 442 g/mol. The lowest BCUT2D eigenvalue weighted by Crippen LogP contribution is -2.21. The zero-order chi connectivity index (χ0) is 22.8. The van der Waals surface area contributed by atoms with Crippen molar-refractivity contribution >= 4 is 16.8 Å². The standard InChI is InChI=1S/C27H23FN2O3/c28-23-13-17(12-19-14-22(19)27(31)30-32)10-11-26(23)33-16-20-15-25(18-6-2-1-3-7-18)29-24-9-5-4-8-21(20)24/h1-11,13,15,19,22,32H,12,14,16H2,(H,30,31). The molecule has 1 saturated carbocycles. The maximum Gasteiger partial charge on any atom is 0.246 e. The van der Waals surface area contributed by atoms with Crippen LogP contribution >= 0.6 is 0 Å². The molecule has 1 aromatic heterocycles. The Hall–Kier alpha value is -3.77. The minimum atomic E-state index is -0.432.